The van der Waals surface area contributed by atoms with E-state index in [0.717, 1.165) is 30.6 Å². The van der Waals surface area contributed by atoms with E-state index in [1.54, 1.807) is 7.05 Å². The minimum absolute atomic E-state index is 0.0551. The molecule has 2 aliphatic heterocycles. The molecule has 4 amide bonds. The van der Waals surface area contributed by atoms with E-state index in [9.17, 15) is 14.4 Å². The number of carbonyl (C=O) groups excluding carboxylic acids is 3. The lowest BCUT2D eigenvalue weighted by atomic mass is 9.95. The van der Waals surface area contributed by atoms with Gasteiger partial charge in [0.05, 0.1) is 0 Å². The van der Waals surface area contributed by atoms with Crippen molar-refractivity contribution in [1.29, 1.82) is 0 Å². The number of hydrogen-bond donors (Lipinski definition) is 0. The Morgan fingerprint density at radius 3 is 2.58 bits per heavy atom. The van der Waals surface area contributed by atoms with Crippen LogP contribution in [0.1, 0.15) is 24.8 Å². The first-order valence-electron chi connectivity index (χ1n) is 8.45. The molecule has 0 spiro atoms. The highest BCUT2D eigenvalue weighted by molar-refractivity contribution is 6.04. The lowest BCUT2D eigenvalue weighted by Crippen LogP contribution is -2.50. The average Bonchev–Trinajstić information content (AvgIpc) is 2.82. The maximum Gasteiger partial charge on any atom is 0.327 e. The van der Waals surface area contributed by atoms with Gasteiger partial charge >= 0.3 is 6.03 Å². The van der Waals surface area contributed by atoms with E-state index in [-0.39, 0.29) is 37.0 Å². The molecule has 0 radical (unpaired) electrons. The maximum atomic E-state index is 12.7. The Kier molecular flexibility index (Phi) is 4.83. The van der Waals surface area contributed by atoms with Gasteiger partial charge in [0.25, 0.3) is 5.91 Å². The number of carbonyl (C=O) groups is 3. The highest BCUT2D eigenvalue weighted by Crippen LogP contribution is 2.21. The van der Waals surface area contributed by atoms with Gasteiger partial charge < -0.3 is 9.80 Å². The largest absolute Gasteiger partial charge is 0.338 e. The second kappa shape index (κ2) is 7.03. The fraction of sp³-hybridized carbons (Fsp3) is 0.500. The van der Waals surface area contributed by atoms with E-state index < -0.39 is 0 Å². The van der Waals surface area contributed by atoms with Crippen LogP contribution in [0.15, 0.2) is 30.3 Å². The molecule has 3 rings (SSSR count). The van der Waals surface area contributed by atoms with Crippen molar-refractivity contribution in [2.24, 2.45) is 0 Å². The molecule has 2 fully saturated rings. The quantitative estimate of drug-likeness (QED) is 0.787. The number of rotatable bonds is 4. The van der Waals surface area contributed by atoms with Crippen molar-refractivity contribution in [3.05, 3.63) is 35.9 Å². The number of urea groups is 1. The molecule has 0 N–H and O–H groups in total. The predicted molar refractivity (Wildman–Crippen MR) is 89.2 cm³/mol. The fourth-order valence-corrected chi connectivity index (χ4v) is 3.48. The first-order chi connectivity index (χ1) is 11.6. The van der Waals surface area contributed by atoms with Gasteiger partial charge in [-0.15, -0.1) is 0 Å². The summed E-state index contributed by atoms with van der Waals surface area (Å²) in [6.45, 7) is 0.606. The molecular formula is C18H23N3O3. The summed E-state index contributed by atoms with van der Waals surface area (Å²) < 4.78 is 0. The summed E-state index contributed by atoms with van der Waals surface area (Å²) in [5.41, 5.74) is 1.20. The molecule has 1 aromatic rings. The molecule has 6 nitrogen and oxygen atoms in total. The number of benzene rings is 1. The molecule has 2 heterocycles. The number of amides is 4. The SMILES string of the molecule is CN1CC(=O)N(CC(=O)N2CCCC[C@H]2Cc2ccccc2)C1=O. The first-order valence-corrected chi connectivity index (χ1v) is 8.45. The lowest BCUT2D eigenvalue weighted by molar-refractivity contribution is -0.139. The molecule has 128 valence electrons. The van der Waals surface area contributed by atoms with Crippen LogP contribution < -0.4 is 0 Å². The first kappa shape index (κ1) is 16.5. The topological polar surface area (TPSA) is 60.9 Å². The Balaban J connectivity index is 1.67. The van der Waals surface area contributed by atoms with Gasteiger partial charge in [0, 0.05) is 19.6 Å². The summed E-state index contributed by atoms with van der Waals surface area (Å²) in [5, 5.41) is 0. The van der Waals surface area contributed by atoms with Crippen molar-refractivity contribution in [2.75, 3.05) is 26.7 Å². The Hall–Kier alpha value is -2.37. The Bertz CT molecular complexity index is 632. The lowest BCUT2D eigenvalue weighted by Gasteiger charge is -2.36. The number of piperidine rings is 1. The van der Waals surface area contributed by atoms with E-state index in [1.807, 2.05) is 23.1 Å². The van der Waals surface area contributed by atoms with Gasteiger partial charge in [-0.1, -0.05) is 30.3 Å². The maximum absolute atomic E-state index is 12.7. The zero-order valence-corrected chi connectivity index (χ0v) is 14.0. The van der Waals surface area contributed by atoms with E-state index in [2.05, 4.69) is 12.1 Å². The van der Waals surface area contributed by atoms with Crippen molar-refractivity contribution in [3.63, 3.8) is 0 Å². The van der Waals surface area contributed by atoms with Crippen LogP contribution in [0, 0.1) is 0 Å². The van der Waals surface area contributed by atoms with Crippen molar-refractivity contribution in [2.45, 2.75) is 31.7 Å². The Labute approximate surface area is 142 Å². The average molecular weight is 329 g/mol. The molecule has 0 aliphatic carbocycles. The second-order valence-electron chi connectivity index (χ2n) is 6.54. The molecule has 0 aromatic heterocycles. The van der Waals surface area contributed by atoms with Crippen LogP contribution in [0.2, 0.25) is 0 Å². The summed E-state index contributed by atoms with van der Waals surface area (Å²) in [5.74, 6) is -0.430. The number of likely N-dealkylation sites (N-methyl/N-ethyl adjacent to an activating group) is 1. The fourth-order valence-electron chi connectivity index (χ4n) is 3.48. The van der Waals surface area contributed by atoms with Crippen LogP contribution in [0.25, 0.3) is 0 Å². The molecule has 1 aromatic carbocycles. The molecular weight excluding hydrogens is 306 g/mol. The van der Waals surface area contributed by atoms with Crippen LogP contribution >= 0.6 is 0 Å². The zero-order valence-electron chi connectivity index (χ0n) is 14.0. The van der Waals surface area contributed by atoms with Crippen LogP contribution in [0.4, 0.5) is 4.79 Å². The number of imide groups is 1. The van der Waals surface area contributed by atoms with Crippen molar-refractivity contribution in [3.8, 4) is 0 Å². The van der Waals surface area contributed by atoms with Gasteiger partial charge in [-0.25, -0.2) is 4.79 Å². The van der Waals surface area contributed by atoms with Gasteiger partial charge in [-0.05, 0) is 31.2 Å². The van der Waals surface area contributed by atoms with Crippen LogP contribution in [0.3, 0.4) is 0 Å². The highest BCUT2D eigenvalue weighted by atomic mass is 16.2. The number of nitrogens with zero attached hydrogens (tertiary/aromatic N) is 3. The summed E-state index contributed by atoms with van der Waals surface area (Å²) >= 11 is 0. The van der Waals surface area contributed by atoms with E-state index in [0.29, 0.717) is 6.54 Å². The minimum atomic E-state index is -0.384. The number of hydrogen-bond acceptors (Lipinski definition) is 3. The summed E-state index contributed by atoms with van der Waals surface area (Å²) in [7, 11) is 1.57. The standard InChI is InChI=1S/C18H23N3O3/c1-19-12-16(22)21(18(19)24)13-17(23)20-10-6-5-9-15(20)11-14-7-3-2-4-8-14/h2-4,7-8,15H,5-6,9-13H2,1H3/t15-/m0/s1. The number of likely N-dealkylation sites (tertiary alicyclic amines) is 1. The minimum Gasteiger partial charge on any atom is -0.338 e. The second-order valence-corrected chi connectivity index (χ2v) is 6.54. The third kappa shape index (κ3) is 3.42. The van der Waals surface area contributed by atoms with Crippen molar-refractivity contribution >= 4 is 17.8 Å². The van der Waals surface area contributed by atoms with Gasteiger partial charge in [0.15, 0.2) is 0 Å². The molecule has 0 saturated carbocycles. The van der Waals surface area contributed by atoms with Crippen LogP contribution in [-0.4, -0.2) is 65.3 Å². The predicted octanol–water partition coefficient (Wildman–Crippen LogP) is 1.50. The molecule has 0 bridgehead atoms. The molecule has 2 aliphatic rings. The van der Waals surface area contributed by atoms with E-state index in [1.165, 1.54) is 10.5 Å². The third-order valence-electron chi connectivity index (χ3n) is 4.79. The normalized spacial score (nSPS) is 21.5. The molecule has 24 heavy (non-hydrogen) atoms. The highest BCUT2D eigenvalue weighted by Gasteiger charge is 2.37. The third-order valence-corrected chi connectivity index (χ3v) is 4.79. The molecule has 6 heteroatoms. The Morgan fingerprint density at radius 2 is 1.92 bits per heavy atom. The van der Waals surface area contributed by atoms with E-state index in [4.69, 9.17) is 0 Å². The molecule has 1 atom stereocenters. The van der Waals surface area contributed by atoms with Gasteiger partial charge in [0.2, 0.25) is 5.91 Å². The van der Waals surface area contributed by atoms with Crippen LogP contribution in [-0.2, 0) is 16.0 Å². The zero-order chi connectivity index (χ0) is 17.1. The summed E-state index contributed by atoms with van der Waals surface area (Å²) in [6, 6.07) is 9.88. The molecule has 2 saturated heterocycles. The molecule has 0 unspecified atom stereocenters. The Morgan fingerprint density at radius 1 is 1.17 bits per heavy atom. The van der Waals surface area contributed by atoms with Crippen molar-refractivity contribution in [1.82, 2.24) is 14.7 Å². The van der Waals surface area contributed by atoms with Gasteiger partial charge in [0.1, 0.15) is 13.1 Å². The van der Waals surface area contributed by atoms with Gasteiger partial charge in [-0.3, -0.25) is 14.5 Å². The monoisotopic (exact) mass is 329 g/mol. The van der Waals surface area contributed by atoms with Crippen molar-refractivity contribution < 1.29 is 14.4 Å². The van der Waals surface area contributed by atoms with E-state index >= 15 is 0 Å². The summed E-state index contributed by atoms with van der Waals surface area (Å²) in [6.07, 6.45) is 3.85. The van der Waals surface area contributed by atoms with Gasteiger partial charge in [-0.2, -0.15) is 0 Å². The smallest absolute Gasteiger partial charge is 0.327 e. The summed E-state index contributed by atoms with van der Waals surface area (Å²) in [4.78, 5) is 40.8. The van der Waals surface area contributed by atoms with Crippen LogP contribution in [0.5, 0.6) is 0 Å².